The van der Waals surface area contributed by atoms with Gasteiger partial charge in [0.15, 0.2) is 0 Å². The maximum Gasteiger partial charge on any atom is 0.334 e. The van der Waals surface area contributed by atoms with Gasteiger partial charge >= 0.3 is 7.56 Å². The van der Waals surface area contributed by atoms with E-state index in [0.717, 1.165) is 12.8 Å². The Bertz CT molecular complexity index is 50.0. The van der Waals surface area contributed by atoms with E-state index >= 15 is 0 Å². The molecule has 0 nitrogen and oxygen atoms in total. The molecule has 0 aliphatic heterocycles. The molecule has 7 heavy (non-hydrogen) atoms. The molecule has 0 atom stereocenters. The van der Waals surface area contributed by atoms with Gasteiger partial charge < -0.3 is 4.32 Å². The number of hydrogen-bond donors (Lipinski definition) is 0. The van der Waals surface area contributed by atoms with Crippen LogP contribution in [-0.2, 0) is 0 Å². The molecule has 0 bridgehead atoms. The zero-order valence-electron chi connectivity index (χ0n) is 4.49. The summed E-state index contributed by atoms with van der Waals surface area (Å²) in [6, 6.07) is 0. The van der Waals surface area contributed by atoms with E-state index in [1.165, 1.54) is 12.8 Å². The predicted molar refractivity (Wildman–Crippen MR) is 30.5 cm³/mol. The minimum absolute atomic E-state index is 0.0833. The lowest BCUT2D eigenvalue weighted by atomic mass is 9.82. The third-order valence-electron chi connectivity index (χ3n) is 1.69. The fraction of sp³-hybridized carbons (Fsp3) is 1.00. The van der Waals surface area contributed by atoms with Crippen molar-refractivity contribution >= 4 is 7.56 Å². The van der Waals surface area contributed by atoms with Crippen LogP contribution in [0.3, 0.4) is 0 Å². The van der Waals surface area contributed by atoms with Crippen molar-refractivity contribution in [2.75, 3.05) is 0 Å². The van der Waals surface area contributed by atoms with Crippen molar-refractivity contribution in [1.29, 1.82) is 0 Å². The largest absolute Gasteiger partial charge is 0.341 e. The molecule has 0 saturated heterocycles. The summed E-state index contributed by atoms with van der Waals surface area (Å²) in [4.78, 5) is 0. The second kappa shape index (κ2) is 2.34. The first kappa shape index (κ1) is 5.14. The third-order valence-corrected chi connectivity index (χ3v) is 1.69. The molecule has 0 spiro atoms. The molecule has 2 heteroatoms. The van der Waals surface area contributed by atoms with Crippen molar-refractivity contribution < 1.29 is 4.32 Å². The standard InChI is InChI=1S/C5H10BF/c7-6-5-3-1-2-4-5/h5-6H,1-4H2. The van der Waals surface area contributed by atoms with Crippen LogP contribution < -0.4 is 0 Å². The minimum Gasteiger partial charge on any atom is -0.341 e. The molecule has 1 rings (SSSR count). The Labute approximate surface area is 44.4 Å². The molecule has 0 aromatic carbocycles. The van der Waals surface area contributed by atoms with E-state index < -0.39 is 0 Å². The summed E-state index contributed by atoms with van der Waals surface area (Å²) >= 11 is 0. The van der Waals surface area contributed by atoms with Gasteiger partial charge in [-0.1, -0.05) is 25.7 Å². The summed E-state index contributed by atoms with van der Waals surface area (Å²) in [5.74, 6) is 0.431. The monoisotopic (exact) mass is 100 g/mol. The lowest BCUT2D eigenvalue weighted by Gasteiger charge is -1.94. The molecule has 0 unspecified atom stereocenters. The Morgan fingerprint density at radius 2 is 1.86 bits per heavy atom. The highest BCUT2D eigenvalue weighted by atomic mass is 19.1. The van der Waals surface area contributed by atoms with E-state index in [2.05, 4.69) is 0 Å². The van der Waals surface area contributed by atoms with Crippen molar-refractivity contribution in [3.05, 3.63) is 0 Å². The first-order chi connectivity index (χ1) is 3.43. The van der Waals surface area contributed by atoms with Crippen LogP contribution >= 0.6 is 0 Å². The van der Waals surface area contributed by atoms with Crippen LogP contribution in [0.15, 0.2) is 0 Å². The molecule has 1 fully saturated rings. The first-order valence-corrected chi connectivity index (χ1v) is 2.99. The Morgan fingerprint density at radius 1 is 1.29 bits per heavy atom. The van der Waals surface area contributed by atoms with Crippen LogP contribution in [0, 0.1) is 0 Å². The van der Waals surface area contributed by atoms with Crippen LogP contribution in [0.2, 0.25) is 5.82 Å². The molecule has 0 amide bonds. The van der Waals surface area contributed by atoms with E-state index in [0.29, 0.717) is 5.82 Å². The Kier molecular flexibility index (Phi) is 1.72. The minimum atomic E-state index is -0.0833. The molecule has 0 aromatic rings. The van der Waals surface area contributed by atoms with Gasteiger partial charge in [-0.05, 0) is 5.82 Å². The van der Waals surface area contributed by atoms with Crippen molar-refractivity contribution in [3.8, 4) is 0 Å². The molecule has 0 aromatic heterocycles. The molecule has 1 aliphatic rings. The van der Waals surface area contributed by atoms with Crippen molar-refractivity contribution in [3.63, 3.8) is 0 Å². The highest BCUT2D eigenvalue weighted by Gasteiger charge is 2.15. The van der Waals surface area contributed by atoms with Gasteiger partial charge in [-0.3, -0.25) is 0 Å². The van der Waals surface area contributed by atoms with E-state index in [-0.39, 0.29) is 7.56 Å². The van der Waals surface area contributed by atoms with Crippen LogP contribution in [0.5, 0.6) is 0 Å². The summed E-state index contributed by atoms with van der Waals surface area (Å²) in [5, 5.41) is 0. The lowest BCUT2D eigenvalue weighted by Crippen LogP contribution is -1.89. The van der Waals surface area contributed by atoms with E-state index in [4.69, 9.17) is 0 Å². The second-order valence-corrected chi connectivity index (χ2v) is 2.30. The maximum absolute atomic E-state index is 11.7. The van der Waals surface area contributed by atoms with Gasteiger partial charge in [-0.2, -0.15) is 0 Å². The molecule has 0 radical (unpaired) electrons. The summed E-state index contributed by atoms with van der Waals surface area (Å²) < 4.78 is 11.7. The van der Waals surface area contributed by atoms with E-state index in [1.54, 1.807) is 0 Å². The van der Waals surface area contributed by atoms with Gasteiger partial charge in [0.1, 0.15) is 0 Å². The summed E-state index contributed by atoms with van der Waals surface area (Å²) in [5.41, 5.74) is 0. The van der Waals surface area contributed by atoms with Gasteiger partial charge in [0, 0.05) is 0 Å². The second-order valence-electron chi connectivity index (χ2n) is 2.30. The summed E-state index contributed by atoms with van der Waals surface area (Å²) in [6.45, 7) is 0. The lowest BCUT2D eigenvalue weighted by molar-refractivity contribution is 0.763. The number of rotatable bonds is 1. The molecule has 40 valence electrons. The maximum atomic E-state index is 11.7. The highest BCUT2D eigenvalue weighted by molar-refractivity contribution is 6.28. The Morgan fingerprint density at radius 3 is 2.14 bits per heavy atom. The molecule has 0 N–H and O–H groups in total. The van der Waals surface area contributed by atoms with Gasteiger partial charge in [-0.25, -0.2) is 0 Å². The Balaban J connectivity index is 2.14. The Hall–Kier alpha value is -0.00506. The van der Waals surface area contributed by atoms with E-state index in [9.17, 15) is 4.32 Å². The van der Waals surface area contributed by atoms with Crippen LogP contribution in [0.4, 0.5) is 4.32 Å². The average Bonchev–Trinajstić information content (AvgIpc) is 2.14. The number of hydrogen-bond acceptors (Lipinski definition) is 0. The fourth-order valence-corrected chi connectivity index (χ4v) is 1.16. The van der Waals surface area contributed by atoms with Gasteiger partial charge in [0.05, 0.1) is 0 Å². The van der Waals surface area contributed by atoms with Crippen molar-refractivity contribution in [2.24, 2.45) is 0 Å². The van der Waals surface area contributed by atoms with Gasteiger partial charge in [0.25, 0.3) is 0 Å². The van der Waals surface area contributed by atoms with Gasteiger partial charge in [-0.15, -0.1) is 0 Å². The van der Waals surface area contributed by atoms with Gasteiger partial charge in [0.2, 0.25) is 0 Å². The molecule has 1 aliphatic carbocycles. The zero-order valence-corrected chi connectivity index (χ0v) is 4.49. The number of halogens is 1. The van der Waals surface area contributed by atoms with Crippen molar-refractivity contribution in [1.82, 2.24) is 0 Å². The molecular weight excluding hydrogens is 89.9 g/mol. The fourth-order valence-electron chi connectivity index (χ4n) is 1.16. The highest BCUT2D eigenvalue weighted by Crippen LogP contribution is 2.28. The smallest absolute Gasteiger partial charge is 0.334 e. The molecule has 0 heterocycles. The van der Waals surface area contributed by atoms with Crippen LogP contribution in [0.25, 0.3) is 0 Å². The van der Waals surface area contributed by atoms with Crippen LogP contribution in [-0.4, -0.2) is 7.56 Å². The third kappa shape index (κ3) is 1.18. The first-order valence-electron chi connectivity index (χ1n) is 2.99. The molecular formula is C5H10BF. The molecule has 1 saturated carbocycles. The topological polar surface area (TPSA) is 0 Å². The quantitative estimate of drug-likeness (QED) is 0.439. The summed E-state index contributed by atoms with van der Waals surface area (Å²) in [6.07, 6.45) is 4.79. The zero-order chi connectivity index (χ0) is 5.11. The van der Waals surface area contributed by atoms with Crippen LogP contribution in [0.1, 0.15) is 25.7 Å². The SMILES string of the molecule is FBC1CCCC1. The summed E-state index contributed by atoms with van der Waals surface area (Å²) in [7, 11) is -0.0833. The average molecular weight is 99.9 g/mol. The van der Waals surface area contributed by atoms with E-state index in [1.807, 2.05) is 0 Å². The normalized spacial score (nSPS) is 23.0. The predicted octanol–water partition coefficient (Wildman–Crippen LogP) is 1.67. The van der Waals surface area contributed by atoms with Crippen molar-refractivity contribution in [2.45, 2.75) is 31.5 Å².